The van der Waals surface area contributed by atoms with Gasteiger partial charge in [0.05, 0.1) is 18.8 Å². The van der Waals surface area contributed by atoms with Crippen LogP contribution < -0.4 is 4.57 Å². The third kappa shape index (κ3) is 5.61. The van der Waals surface area contributed by atoms with Crippen molar-refractivity contribution in [2.24, 2.45) is 18.9 Å². The average Bonchev–Trinajstić information content (AvgIpc) is 2.28. The van der Waals surface area contributed by atoms with Crippen LogP contribution in [-0.4, -0.2) is 13.2 Å². The van der Waals surface area contributed by atoms with Crippen LogP contribution in [-0.2, 0) is 16.5 Å². The van der Waals surface area contributed by atoms with E-state index in [4.69, 9.17) is 9.47 Å². The minimum Gasteiger partial charge on any atom is -0.348 e. The normalized spacial score (nSPS) is 11.8. The van der Waals surface area contributed by atoms with Gasteiger partial charge >= 0.3 is 0 Å². The number of aryl methyl sites for hydroxylation is 1. The molecule has 0 N–H and O–H groups in total. The second-order valence-corrected chi connectivity index (χ2v) is 5.59. The van der Waals surface area contributed by atoms with Crippen molar-refractivity contribution in [3.8, 4) is 0 Å². The Morgan fingerprint density at radius 2 is 1.61 bits per heavy atom. The summed E-state index contributed by atoms with van der Waals surface area (Å²) in [5.74, 6) is 1.01. The Morgan fingerprint density at radius 1 is 1.06 bits per heavy atom. The summed E-state index contributed by atoms with van der Waals surface area (Å²) in [6.45, 7) is 9.99. The van der Waals surface area contributed by atoms with Crippen molar-refractivity contribution >= 4 is 0 Å². The summed E-state index contributed by atoms with van der Waals surface area (Å²) < 4.78 is 13.7. The van der Waals surface area contributed by atoms with Crippen LogP contribution in [0.25, 0.3) is 0 Å². The highest BCUT2D eigenvalue weighted by atomic mass is 16.7. The molecular formula is C15H26NO2+. The van der Waals surface area contributed by atoms with Gasteiger partial charge in [0, 0.05) is 6.07 Å². The Kier molecular flexibility index (Phi) is 6.30. The molecule has 0 aliphatic rings. The van der Waals surface area contributed by atoms with Crippen molar-refractivity contribution in [2.75, 3.05) is 13.2 Å². The molecule has 0 spiro atoms. The standard InChI is InChI=1S/C15H26NO2/c1-12(2)10-17-15(18-11-13(3)4)14-7-6-8-16(5)9-14/h6-9,12-13,15H,10-11H2,1-5H3/q+1. The van der Waals surface area contributed by atoms with E-state index in [2.05, 4.69) is 27.7 Å². The lowest BCUT2D eigenvalue weighted by Gasteiger charge is -2.20. The van der Waals surface area contributed by atoms with Crippen molar-refractivity contribution in [2.45, 2.75) is 34.0 Å². The van der Waals surface area contributed by atoms with E-state index in [1.54, 1.807) is 0 Å². The Bertz CT molecular complexity index is 338. The molecule has 1 aromatic heterocycles. The van der Waals surface area contributed by atoms with Crippen LogP contribution >= 0.6 is 0 Å². The maximum atomic E-state index is 5.86. The molecule has 3 nitrogen and oxygen atoms in total. The number of ether oxygens (including phenoxy) is 2. The summed E-state index contributed by atoms with van der Waals surface area (Å²) in [6.07, 6.45) is 3.79. The van der Waals surface area contributed by atoms with Gasteiger partial charge in [-0.15, -0.1) is 0 Å². The summed E-state index contributed by atoms with van der Waals surface area (Å²) in [6, 6.07) is 4.06. The van der Waals surface area contributed by atoms with Gasteiger partial charge in [0.2, 0.25) is 0 Å². The average molecular weight is 252 g/mol. The van der Waals surface area contributed by atoms with Crippen LogP contribution in [0.4, 0.5) is 0 Å². The molecule has 0 radical (unpaired) electrons. The topological polar surface area (TPSA) is 22.3 Å². The Labute approximate surface area is 111 Å². The van der Waals surface area contributed by atoms with Crippen molar-refractivity contribution in [3.05, 3.63) is 30.1 Å². The first kappa shape index (κ1) is 15.1. The quantitative estimate of drug-likeness (QED) is 0.550. The van der Waals surface area contributed by atoms with Gasteiger partial charge < -0.3 is 9.47 Å². The van der Waals surface area contributed by atoms with Crippen LogP contribution in [0, 0.1) is 11.8 Å². The second kappa shape index (κ2) is 7.49. The third-order valence-corrected chi connectivity index (χ3v) is 2.40. The van der Waals surface area contributed by atoms with Crippen LogP contribution in [0.3, 0.4) is 0 Å². The van der Waals surface area contributed by atoms with Gasteiger partial charge in [-0.05, 0) is 17.9 Å². The van der Waals surface area contributed by atoms with Crippen molar-refractivity contribution in [3.63, 3.8) is 0 Å². The molecule has 102 valence electrons. The molecule has 0 unspecified atom stereocenters. The van der Waals surface area contributed by atoms with Gasteiger partial charge in [-0.1, -0.05) is 27.7 Å². The highest BCUT2D eigenvalue weighted by molar-refractivity contribution is 5.07. The van der Waals surface area contributed by atoms with Crippen LogP contribution in [0.5, 0.6) is 0 Å². The Morgan fingerprint density at radius 3 is 2.06 bits per heavy atom. The molecule has 0 saturated carbocycles. The predicted octanol–water partition coefficient (Wildman–Crippen LogP) is 2.85. The number of rotatable bonds is 7. The lowest BCUT2D eigenvalue weighted by molar-refractivity contribution is -0.672. The van der Waals surface area contributed by atoms with E-state index in [-0.39, 0.29) is 6.29 Å². The molecule has 0 fully saturated rings. The minimum absolute atomic E-state index is 0.262. The van der Waals surface area contributed by atoms with Crippen molar-refractivity contribution in [1.82, 2.24) is 0 Å². The zero-order chi connectivity index (χ0) is 13.5. The molecule has 1 rings (SSSR count). The molecule has 0 aliphatic carbocycles. The van der Waals surface area contributed by atoms with E-state index in [1.165, 1.54) is 0 Å². The molecule has 0 saturated heterocycles. The lowest BCUT2D eigenvalue weighted by Crippen LogP contribution is -2.28. The molecule has 1 aromatic rings. The van der Waals surface area contributed by atoms with Crippen molar-refractivity contribution < 1.29 is 14.0 Å². The van der Waals surface area contributed by atoms with E-state index >= 15 is 0 Å². The van der Waals surface area contributed by atoms with Gasteiger partial charge in [-0.3, -0.25) is 0 Å². The van der Waals surface area contributed by atoms with Gasteiger partial charge in [0.15, 0.2) is 18.7 Å². The fourth-order valence-corrected chi connectivity index (χ4v) is 1.55. The monoisotopic (exact) mass is 252 g/mol. The summed E-state index contributed by atoms with van der Waals surface area (Å²) >= 11 is 0. The molecule has 0 aromatic carbocycles. The Hall–Kier alpha value is -0.930. The van der Waals surface area contributed by atoms with Crippen LogP contribution in [0.15, 0.2) is 24.5 Å². The first-order chi connectivity index (χ1) is 8.49. The zero-order valence-electron chi connectivity index (χ0n) is 12.2. The maximum absolute atomic E-state index is 5.86. The molecular weight excluding hydrogens is 226 g/mol. The van der Waals surface area contributed by atoms with E-state index in [0.29, 0.717) is 25.0 Å². The third-order valence-electron chi connectivity index (χ3n) is 2.40. The van der Waals surface area contributed by atoms with Crippen LogP contribution in [0.2, 0.25) is 0 Å². The summed E-state index contributed by atoms with van der Waals surface area (Å²) in [5, 5.41) is 0. The highest BCUT2D eigenvalue weighted by Gasteiger charge is 2.16. The first-order valence-corrected chi connectivity index (χ1v) is 6.67. The molecule has 0 amide bonds. The summed E-state index contributed by atoms with van der Waals surface area (Å²) in [4.78, 5) is 0. The lowest BCUT2D eigenvalue weighted by atomic mass is 10.2. The van der Waals surface area contributed by atoms with Crippen molar-refractivity contribution in [1.29, 1.82) is 0 Å². The van der Waals surface area contributed by atoms with E-state index in [0.717, 1.165) is 5.56 Å². The number of hydrogen-bond donors (Lipinski definition) is 0. The van der Waals surface area contributed by atoms with Crippen LogP contribution in [0.1, 0.15) is 39.5 Å². The molecule has 0 atom stereocenters. The molecule has 0 bridgehead atoms. The summed E-state index contributed by atoms with van der Waals surface area (Å²) in [7, 11) is 2.01. The molecule has 18 heavy (non-hydrogen) atoms. The number of aromatic nitrogens is 1. The fourth-order valence-electron chi connectivity index (χ4n) is 1.55. The minimum atomic E-state index is -0.262. The van der Waals surface area contributed by atoms with Gasteiger partial charge in [0.1, 0.15) is 7.05 Å². The highest BCUT2D eigenvalue weighted by Crippen LogP contribution is 2.19. The largest absolute Gasteiger partial charge is 0.348 e. The first-order valence-electron chi connectivity index (χ1n) is 6.67. The zero-order valence-corrected chi connectivity index (χ0v) is 12.2. The smallest absolute Gasteiger partial charge is 0.189 e. The van der Waals surface area contributed by atoms with Gasteiger partial charge in [0.25, 0.3) is 0 Å². The number of hydrogen-bond acceptors (Lipinski definition) is 2. The fraction of sp³-hybridized carbons (Fsp3) is 0.667. The molecule has 1 heterocycles. The SMILES string of the molecule is CC(C)COC(OCC(C)C)c1ccc[n+](C)c1. The van der Waals surface area contributed by atoms with Gasteiger partial charge in [-0.25, -0.2) is 4.57 Å². The van der Waals surface area contributed by atoms with E-state index in [1.807, 2.05) is 36.1 Å². The number of nitrogens with zero attached hydrogens (tertiary/aromatic N) is 1. The van der Waals surface area contributed by atoms with Gasteiger partial charge in [-0.2, -0.15) is 0 Å². The maximum Gasteiger partial charge on any atom is 0.189 e. The van der Waals surface area contributed by atoms with E-state index in [9.17, 15) is 0 Å². The molecule has 3 heteroatoms. The number of pyridine rings is 1. The van der Waals surface area contributed by atoms with E-state index < -0.39 is 0 Å². The predicted molar refractivity (Wildman–Crippen MR) is 71.9 cm³/mol. The Balaban J connectivity index is 2.69. The second-order valence-electron chi connectivity index (χ2n) is 5.59. The summed E-state index contributed by atoms with van der Waals surface area (Å²) in [5.41, 5.74) is 1.07. The molecule has 0 aliphatic heterocycles.